The SMILES string of the molecule is C[C@H]1CCc2c(ccc(-c3cnn(C4CC4)c3)c2OC2CN(C(=O)OC(C)(C)C)C2)N1C(=O)O. The van der Waals surface area contributed by atoms with Crippen LogP contribution in [0.1, 0.15) is 58.6 Å². The molecule has 1 aromatic carbocycles. The lowest BCUT2D eigenvalue weighted by Crippen LogP contribution is -2.57. The molecule has 0 spiro atoms. The minimum Gasteiger partial charge on any atom is -0.486 e. The number of aromatic nitrogens is 2. The summed E-state index contributed by atoms with van der Waals surface area (Å²) in [5.74, 6) is 0.694. The largest absolute Gasteiger partial charge is 0.486 e. The van der Waals surface area contributed by atoms with Gasteiger partial charge in [-0.15, -0.1) is 0 Å². The number of ether oxygens (including phenoxy) is 2. The van der Waals surface area contributed by atoms with Crippen LogP contribution in [0.25, 0.3) is 11.1 Å². The van der Waals surface area contributed by atoms with E-state index in [2.05, 4.69) is 5.10 Å². The molecule has 1 saturated heterocycles. The van der Waals surface area contributed by atoms with Crippen molar-refractivity contribution in [2.45, 2.75) is 77.2 Å². The fourth-order valence-corrected chi connectivity index (χ4v) is 4.63. The Balaban J connectivity index is 1.44. The van der Waals surface area contributed by atoms with Gasteiger partial charge < -0.3 is 19.5 Å². The van der Waals surface area contributed by atoms with Gasteiger partial charge in [-0.2, -0.15) is 5.10 Å². The van der Waals surface area contributed by atoms with Gasteiger partial charge in [-0.05, 0) is 65.5 Å². The predicted octanol–water partition coefficient (Wildman–Crippen LogP) is 4.70. The summed E-state index contributed by atoms with van der Waals surface area (Å²) >= 11 is 0. The van der Waals surface area contributed by atoms with Crippen LogP contribution in [-0.2, 0) is 11.2 Å². The molecule has 2 aromatic rings. The number of carbonyl (C=O) groups excluding carboxylic acids is 1. The molecule has 182 valence electrons. The maximum Gasteiger partial charge on any atom is 0.412 e. The average molecular weight is 469 g/mol. The van der Waals surface area contributed by atoms with Crippen molar-refractivity contribution in [2.75, 3.05) is 18.0 Å². The molecule has 5 rings (SSSR count). The molecule has 1 N–H and O–H groups in total. The zero-order valence-corrected chi connectivity index (χ0v) is 20.2. The standard InChI is InChI=1S/C25H32N4O5/c1-15-5-8-20-21(29(15)23(30)31)10-9-19(16-11-26-28(12-16)17-6-7-17)22(20)33-18-13-27(14-18)24(32)34-25(2,3)4/h9-12,15,17-18H,5-8,13-14H2,1-4H3,(H,30,31)/t15-/m0/s1. The Morgan fingerprint density at radius 3 is 2.53 bits per heavy atom. The Morgan fingerprint density at radius 1 is 1.15 bits per heavy atom. The van der Waals surface area contributed by atoms with Gasteiger partial charge in [-0.25, -0.2) is 9.59 Å². The lowest BCUT2D eigenvalue weighted by Gasteiger charge is -2.41. The van der Waals surface area contributed by atoms with Crippen LogP contribution < -0.4 is 9.64 Å². The molecule has 2 amide bonds. The lowest BCUT2D eigenvalue weighted by atomic mass is 9.92. The molecule has 9 nitrogen and oxygen atoms in total. The van der Waals surface area contributed by atoms with Gasteiger partial charge in [-0.1, -0.05) is 0 Å². The van der Waals surface area contributed by atoms with E-state index < -0.39 is 11.7 Å². The highest BCUT2D eigenvalue weighted by molar-refractivity contribution is 5.91. The van der Waals surface area contributed by atoms with Gasteiger partial charge in [0.2, 0.25) is 0 Å². The minimum atomic E-state index is -0.964. The van der Waals surface area contributed by atoms with E-state index in [9.17, 15) is 14.7 Å². The van der Waals surface area contributed by atoms with Gasteiger partial charge in [0.15, 0.2) is 0 Å². The second-order valence-electron chi connectivity index (χ2n) is 10.5. The van der Waals surface area contributed by atoms with E-state index in [4.69, 9.17) is 9.47 Å². The second kappa shape index (κ2) is 8.21. The Kier molecular flexibility index (Phi) is 5.45. The number of nitrogens with zero attached hydrogens (tertiary/aromatic N) is 4. The van der Waals surface area contributed by atoms with Crippen molar-refractivity contribution in [3.05, 3.63) is 30.1 Å². The molecule has 34 heavy (non-hydrogen) atoms. The summed E-state index contributed by atoms with van der Waals surface area (Å²) in [5, 5.41) is 14.4. The highest BCUT2D eigenvalue weighted by atomic mass is 16.6. The zero-order chi connectivity index (χ0) is 24.2. The van der Waals surface area contributed by atoms with E-state index in [0.717, 1.165) is 42.4 Å². The maximum absolute atomic E-state index is 12.4. The first-order valence-electron chi connectivity index (χ1n) is 12.0. The van der Waals surface area contributed by atoms with Gasteiger partial charge in [0.1, 0.15) is 17.5 Å². The van der Waals surface area contributed by atoms with Crippen molar-refractivity contribution in [3.8, 4) is 16.9 Å². The summed E-state index contributed by atoms with van der Waals surface area (Å²) in [6.07, 6.45) is 6.12. The van der Waals surface area contributed by atoms with E-state index in [1.54, 1.807) is 4.90 Å². The van der Waals surface area contributed by atoms with E-state index in [-0.39, 0.29) is 18.2 Å². The first kappa shape index (κ1) is 22.6. The Hall–Kier alpha value is -3.23. The Bertz CT molecular complexity index is 1110. The smallest absolute Gasteiger partial charge is 0.412 e. The first-order chi connectivity index (χ1) is 16.1. The molecule has 3 heterocycles. The summed E-state index contributed by atoms with van der Waals surface area (Å²) < 4.78 is 13.9. The number of benzene rings is 1. The first-order valence-corrected chi connectivity index (χ1v) is 12.0. The number of amides is 2. The van der Waals surface area contributed by atoms with Crippen LogP contribution in [-0.4, -0.2) is 62.8 Å². The van der Waals surface area contributed by atoms with E-state index in [1.165, 1.54) is 4.90 Å². The van der Waals surface area contributed by atoms with Crippen LogP contribution in [0.2, 0.25) is 0 Å². The van der Waals surface area contributed by atoms with Crippen molar-refractivity contribution >= 4 is 17.9 Å². The fraction of sp³-hybridized carbons (Fsp3) is 0.560. The molecule has 0 bridgehead atoms. The van der Waals surface area contributed by atoms with Gasteiger partial charge in [0, 0.05) is 28.9 Å². The van der Waals surface area contributed by atoms with Crippen LogP contribution in [0, 0.1) is 0 Å². The summed E-state index contributed by atoms with van der Waals surface area (Å²) in [7, 11) is 0. The summed E-state index contributed by atoms with van der Waals surface area (Å²) in [4.78, 5) is 27.4. The molecule has 2 fully saturated rings. The second-order valence-corrected chi connectivity index (χ2v) is 10.5. The third kappa shape index (κ3) is 4.31. The third-order valence-corrected chi connectivity index (χ3v) is 6.57. The summed E-state index contributed by atoms with van der Waals surface area (Å²) in [6, 6.07) is 4.17. The van der Waals surface area contributed by atoms with Crippen LogP contribution in [0.3, 0.4) is 0 Å². The average Bonchev–Trinajstić information content (AvgIpc) is 3.45. The molecule has 0 unspecified atom stereocenters. The molecule has 1 saturated carbocycles. The molecular formula is C25H32N4O5. The van der Waals surface area contributed by atoms with Crippen molar-refractivity contribution in [1.29, 1.82) is 0 Å². The normalized spacial score (nSPS) is 20.5. The van der Waals surface area contributed by atoms with Gasteiger partial charge in [0.25, 0.3) is 0 Å². The summed E-state index contributed by atoms with van der Waals surface area (Å²) in [6.45, 7) is 8.32. The zero-order valence-electron chi connectivity index (χ0n) is 20.2. The van der Waals surface area contributed by atoms with Gasteiger partial charge >= 0.3 is 12.2 Å². The highest BCUT2D eigenvalue weighted by Gasteiger charge is 2.38. The van der Waals surface area contributed by atoms with Crippen molar-refractivity contribution < 1.29 is 24.2 Å². The van der Waals surface area contributed by atoms with Crippen LogP contribution in [0.15, 0.2) is 24.5 Å². The fourth-order valence-electron chi connectivity index (χ4n) is 4.63. The molecule has 1 atom stereocenters. The molecule has 2 aliphatic heterocycles. The van der Waals surface area contributed by atoms with E-state index in [1.807, 2.05) is 56.9 Å². The molecule has 9 heteroatoms. The monoisotopic (exact) mass is 468 g/mol. The molecule has 1 aromatic heterocycles. The van der Waals surface area contributed by atoms with Crippen LogP contribution in [0.4, 0.5) is 15.3 Å². The topological polar surface area (TPSA) is 97.1 Å². The Labute approximate surface area is 199 Å². The van der Waals surface area contributed by atoms with Crippen molar-refractivity contribution in [1.82, 2.24) is 14.7 Å². The number of fused-ring (bicyclic) bond motifs is 1. The highest BCUT2D eigenvalue weighted by Crippen LogP contribution is 2.44. The van der Waals surface area contributed by atoms with E-state index in [0.29, 0.717) is 30.6 Å². The van der Waals surface area contributed by atoms with Crippen molar-refractivity contribution in [3.63, 3.8) is 0 Å². The number of carbonyl (C=O) groups is 2. The maximum atomic E-state index is 12.4. The third-order valence-electron chi connectivity index (χ3n) is 6.57. The number of anilines is 1. The van der Waals surface area contributed by atoms with Crippen LogP contribution >= 0.6 is 0 Å². The Morgan fingerprint density at radius 2 is 1.88 bits per heavy atom. The molecule has 1 aliphatic carbocycles. The van der Waals surface area contributed by atoms with Crippen molar-refractivity contribution in [2.24, 2.45) is 0 Å². The number of carboxylic acid groups (broad SMARTS) is 1. The predicted molar refractivity (Wildman–Crippen MR) is 126 cm³/mol. The number of hydrogen-bond acceptors (Lipinski definition) is 5. The van der Waals surface area contributed by atoms with Crippen LogP contribution in [0.5, 0.6) is 5.75 Å². The number of hydrogen-bond donors (Lipinski definition) is 1. The number of likely N-dealkylation sites (tertiary alicyclic amines) is 1. The minimum absolute atomic E-state index is 0.104. The number of rotatable bonds is 4. The molecule has 0 radical (unpaired) electrons. The lowest BCUT2D eigenvalue weighted by molar-refractivity contribution is -0.0222. The quantitative estimate of drug-likeness (QED) is 0.698. The van der Waals surface area contributed by atoms with Gasteiger partial charge in [-0.3, -0.25) is 9.58 Å². The summed E-state index contributed by atoms with van der Waals surface area (Å²) in [5.41, 5.74) is 2.87. The van der Waals surface area contributed by atoms with Gasteiger partial charge in [0.05, 0.1) is 31.0 Å². The van der Waals surface area contributed by atoms with E-state index >= 15 is 0 Å². The molecule has 3 aliphatic rings. The molecular weight excluding hydrogens is 436 g/mol.